The van der Waals surface area contributed by atoms with Crippen molar-refractivity contribution in [1.82, 2.24) is 14.9 Å². The van der Waals surface area contributed by atoms with Gasteiger partial charge in [0.05, 0.1) is 5.75 Å². The highest BCUT2D eigenvalue weighted by Gasteiger charge is 2.40. The third-order valence-electron chi connectivity index (χ3n) is 5.19. The van der Waals surface area contributed by atoms with Crippen LogP contribution in [0.3, 0.4) is 0 Å². The second-order valence-electron chi connectivity index (χ2n) is 6.90. The molecule has 0 bridgehead atoms. The number of halogens is 2. The Hall–Kier alpha value is -0.940. The number of aliphatic imine (C=N–C) groups is 1. The highest BCUT2D eigenvalue weighted by molar-refractivity contribution is 14.0. The Bertz CT molecular complexity index is 766. The lowest BCUT2D eigenvalue weighted by Gasteiger charge is -2.32. The number of rotatable bonds is 5. The molecule has 1 aromatic carbocycles. The first kappa shape index (κ1) is 22.4. The summed E-state index contributed by atoms with van der Waals surface area (Å²) in [7, 11) is -1.39. The van der Waals surface area contributed by atoms with E-state index in [0.717, 1.165) is 24.8 Å². The van der Waals surface area contributed by atoms with Crippen LogP contribution in [0.5, 0.6) is 0 Å². The lowest BCUT2D eigenvalue weighted by molar-refractivity contribution is 0.306. The quantitative estimate of drug-likeness (QED) is 0.362. The van der Waals surface area contributed by atoms with Crippen LogP contribution in [0.15, 0.2) is 29.3 Å². The Morgan fingerprint density at radius 2 is 1.93 bits per heavy atom. The molecule has 1 aromatic rings. The van der Waals surface area contributed by atoms with Crippen LogP contribution in [0.2, 0.25) is 0 Å². The molecule has 0 amide bonds. The minimum Gasteiger partial charge on any atom is -0.354 e. The van der Waals surface area contributed by atoms with E-state index in [1.165, 1.54) is 6.07 Å². The zero-order valence-corrected chi connectivity index (χ0v) is 18.8. The maximum atomic E-state index is 13.9. The fourth-order valence-corrected chi connectivity index (χ4v) is 4.61. The van der Waals surface area contributed by atoms with Crippen LogP contribution >= 0.6 is 24.0 Å². The van der Waals surface area contributed by atoms with E-state index in [9.17, 15) is 12.8 Å². The van der Waals surface area contributed by atoms with E-state index in [4.69, 9.17) is 0 Å². The van der Waals surface area contributed by atoms with Crippen LogP contribution in [-0.2, 0) is 10.0 Å². The van der Waals surface area contributed by atoms with E-state index in [1.54, 1.807) is 24.3 Å². The Morgan fingerprint density at radius 3 is 2.52 bits per heavy atom. The molecule has 1 saturated carbocycles. The van der Waals surface area contributed by atoms with Crippen LogP contribution in [-0.4, -0.2) is 56.7 Å². The number of benzene rings is 1. The van der Waals surface area contributed by atoms with Crippen LogP contribution in [0.25, 0.3) is 0 Å². The second kappa shape index (κ2) is 9.51. The summed E-state index contributed by atoms with van der Waals surface area (Å²) in [5, 5.41) is 6.73. The fraction of sp³-hybridized carbons (Fsp3) is 0.611. The standard InChI is InChI=1S/C18H27FN4O2S.HI/c1-3-26(24,25)23-10-8-13(9-11-23)21-18(20-2)22-17-12-15(17)14-6-4-5-7-16(14)19;/h4-7,13,15,17H,3,8-12H2,1-2H3,(H2,20,21,22);1H. The van der Waals surface area contributed by atoms with E-state index in [2.05, 4.69) is 15.6 Å². The Labute approximate surface area is 178 Å². The largest absolute Gasteiger partial charge is 0.354 e. The summed E-state index contributed by atoms with van der Waals surface area (Å²) in [6.45, 7) is 2.74. The first-order valence-electron chi connectivity index (χ1n) is 9.16. The van der Waals surface area contributed by atoms with Gasteiger partial charge < -0.3 is 10.6 Å². The molecule has 0 radical (unpaired) electrons. The normalized spacial score (nSPS) is 24.2. The predicted molar refractivity (Wildman–Crippen MR) is 117 cm³/mol. The number of piperidine rings is 1. The molecule has 1 saturated heterocycles. The van der Waals surface area contributed by atoms with Crippen LogP contribution < -0.4 is 10.6 Å². The summed E-state index contributed by atoms with van der Waals surface area (Å²) in [5.74, 6) is 0.860. The summed E-state index contributed by atoms with van der Waals surface area (Å²) >= 11 is 0. The maximum absolute atomic E-state index is 13.9. The number of hydrogen-bond acceptors (Lipinski definition) is 3. The summed E-state index contributed by atoms with van der Waals surface area (Å²) in [6.07, 6.45) is 2.39. The van der Waals surface area contributed by atoms with Gasteiger partial charge in [-0.05, 0) is 37.8 Å². The second-order valence-corrected chi connectivity index (χ2v) is 9.16. The average Bonchev–Trinajstić information content (AvgIpc) is 3.41. The molecule has 1 aliphatic heterocycles. The van der Waals surface area contributed by atoms with Crippen molar-refractivity contribution < 1.29 is 12.8 Å². The molecule has 6 nitrogen and oxygen atoms in total. The van der Waals surface area contributed by atoms with Crippen molar-refractivity contribution >= 4 is 40.0 Å². The molecule has 2 fully saturated rings. The number of nitrogens with zero attached hydrogens (tertiary/aromatic N) is 2. The van der Waals surface area contributed by atoms with Crippen LogP contribution in [0.1, 0.15) is 37.7 Å². The molecule has 1 aliphatic carbocycles. The molecule has 3 rings (SSSR count). The van der Waals surface area contributed by atoms with Gasteiger partial charge in [-0.3, -0.25) is 4.99 Å². The molecule has 9 heteroatoms. The maximum Gasteiger partial charge on any atom is 0.213 e. The van der Waals surface area contributed by atoms with E-state index >= 15 is 0 Å². The van der Waals surface area contributed by atoms with E-state index in [-0.39, 0.29) is 53.5 Å². The van der Waals surface area contributed by atoms with Crippen LogP contribution in [0, 0.1) is 5.82 Å². The smallest absolute Gasteiger partial charge is 0.213 e. The van der Waals surface area contributed by atoms with Crippen molar-refractivity contribution in [2.24, 2.45) is 4.99 Å². The number of hydrogen-bond donors (Lipinski definition) is 2. The molecule has 27 heavy (non-hydrogen) atoms. The Morgan fingerprint density at radius 1 is 1.26 bits per heavy atom. The van der Waals surface area contributed by atoms with E-state index < -0.39 is 10.0 Å². The summed E-state index contributed by atoms with van der Waals surface area (Å²) in [6, 6.07) is 7.26. The summed E-state index contributed by atoms with van der Waals surface area (Å²) in [5.41, 5.74) is 0.749. The van der Waals surface area contributed by atoms with Crippen molar-refractivity contribution in [3.63, 3.8) is 0 Å². The van der Waals surface area contributed by atoms with Gasteiger partial charge in [0.2, 0.25) is 10.0 Å². The van der Waals surface area contributed by atoms with Crippen molar-refractivity contribution in [3.05, 3.63) is 35.6 Å². The Balaban J connectivity index is 0.00000261. The molecular weight excluding hydrogens is 482 g/mol. The van der Waals surface area contributed by atoms with Gasteiger partial charge >= 0.3 is 0 Å². The Kier molecular flexibility index (Phi) is 7.87. The molecular formula is C18H28FIN4O2S. The van der Waals surface area contributed by atoms with Crippen LogP contribution in [0.4, 0.5) is 4.39 Å². The zero-order chi connectivity index (χ0) is 18.7. The minimum absolute atomic E-state index is 0. The monoisotopic (exact) mass is 510 g/mol. The van der Waals surface area contributed by atoms with Crippen molar-refractivity contribution in [3.8, 4) is 0 Å². The highest BCUT2D eigenvalue weighted by Crippen LogP contribution is 2.41. The van der Waals surface area contributed by atoms with E-state index in [0.29, 0.717) is 19.0 Å². The minimum atomic E-state index is -3.11. The van der Waals surface area contributed by atoms with Gasteiger partial charge in [0.1, 0.15) is 5.82 Å². The summed E-state index contributed by atoms with van der Waals surface area (Å²) < 4.78 is 39.3. The van der Waals surface area contributed by atoms with Gasteiger partial charge in [0, 0.05) is 38.1 Å². The fourth-order valence-electron chi connectivity index (χ4n) is 3.47. The SMILES string of the molecule is CCS(=O)(=O)N1CCC(NC(=NC)NC2CC2c2ccccc2F)CC1.I. The molecule has 2 unspecified atom stereocenters. The lowest BCUT2D eigenvalue weighted by Crippen LogP contribution is -2.50. The van der Waals surface area contributed by atoms with Gasteiger partial charge in [0.25, 0.3) is 0 Å². The third-order valence-corrected chi connectivity index (χ3v) is 7.08. The average molecular weight is 510 g/mol. The van der Waals surface area contributed by atoms with Gasteiger partial charge in [-0.15, -0.1) is 24.0 Å². The molecule has 2 aliphatic rings. The van der Waals surface area contributed by atoms with Crippen molar-refractivity contribution in [2.45, 2.75) is 44.2 Å². The molecule has 0 spiro atoms. The topological polar surface area (TPSA) is 73.8 Å². The highest BCUT2D eigenvalue weighted by atomic mass is 127. The van der Waals surface area contributed by atoms with Gasteiger partial charge in [-0.25, -0.2) is 17.1 Å². The first-order valence-corrected chi connectivity index (χ1v) is 10.8. The third kappa shape index (κ3) is 5.54. The molecule has 2 N–H and O–H groups in total. The number of sulfonamides is 1. The summed E-state index contributed by atoms with van der Waals surface area (Å²) in [4.78, 5) is 4.27. The molecule has 2 atom stereocenters. The molecule has 0 aromatic heterocycles. The van der Waals surface area contributed by atoms with Gasteiger partial charge in [-0.1, -0.05) is 18.2 Å². The number of guanidine groups is 1. The van der Waals surface area contributed by atoms with Gasteiger partial charge in [-0.2, -0.15) is 0 Å². The predicted octanol–water partition coefficient (Wildman–Crippen LogP) is 2.28. The van der Waals surface area contributed by atoms with Gasteiger partial charge in [0.15, 0.2) is 5.96 Å². The number of nitrogens with one attached hydrogen (secondary N) is 2. The van der Waals surface area contributed by atoms with E-state index in [1.807, 2.05) is 12.1 Å². The van der Waals surface area contributed by atoms with Crippen molar-refractivity contribution in [1.29, 1.82) is 0 Å². The zero-order valence-electron chi connectivity index (χ0n) is 15.7. The van der Waals surface area contributed by atoms with Crippen molar-refractivity contribution in [2.75, 3.05) is 25.9 Å². The molecule has 1 heterocycles. The first-order chi connectivity index (χ1) is 12.4. The molecule has 152 valence electrons. The lowest BCUT2D eigenvalue weighted by atomic mass is 10.1.